The van der Waals surface area contributed by atoms with Crippen LogP contribution >= 0.6 is 0 Å². The van der Waals surface area contributed by atoms with Crippen molar-refractivity contribution in [2.75, 3.05) is 0 Å². The Morgan fingerprint density at radius 2 is 0.774 bits per heavy atom. The highest BCUT2D eigenvalue weighted by atomic mass is 28.3. The molecule has 0 aromatic heterocycles. The van der Waals surface area contributed by atoms with E-state index in [0.29, 0.717) is 0 Å². The molecule has 1 heterocycles. The van der Waals surface area contributed by atoms with Crippen LogP contribution in [-0.4, -0.2) is 8.07 Å². The van der Waals surface area contributed by atoms with E-state index < -0.39 is 8.07 Å². The Kier molecular flexibility index (Phi) is 5.05. The molecule has 0 radical (unpaired) electrons. The van der Waals surface area contributed by atoms with E-state index in [-0.39, 0.29) is 0 Å². The highest BCUT2D eigenvalue weighted by Gasteiger charge is 2.47. The predicted octanol–water partition coefficient (Wildman–Crippen LogP) is 6.13. The van der Waals surface area contributed by atoms with Crippen molar-refractivity contribution in [3.8, 4) is 0 Å². The van der Waals surface area contributed by atoms with Crippen molar-refractivity contribution in [3.63, 3.8) is 0 Å². The second-order valence-electron chi connectivity index (χ2n) is 8.37. The summed E-state index contributed by atoms with van der Waals surface area (Å²) in [6.45, 7) is 4.31. The van der Waals surface area contributed by atoms with E-state index >= 15 is 0 Å². The molecular weight excluding hydrogens is 388 g/mol. The largest absolute Gasteiger partial charge is 0.180 e. The topological polar surface area (TPSA) is 0 Å². The molecule has 1 aliphatic heterocycles. The molecule has 1 aliphatic rings. The van der Waals surface area contributed by atoms with E-state index in [1.807, 2.05) is 0 Å². The molecule has 0 aliphatic carbocycles. The molecule has 0 bridgehead atoms. The maximum absolute atomic E-state index is 2.44. The molecule has 4 aromatic carbocycles. The van der Waals surface area contributed by atoms with Crippen molar-refractivity contribution < 1.29 is 0 Å². The first-order chi connectivity index (χ1) is 15.2. The van der Waals surface area contributed by atoms with E-state index in [0.717, 1.165) is 0 Å². The third-order valence-corrected chi connectivity index (χ3v) is 11.3. The molecule has 0 amide bonds. The average Bonchev–Trinajstić information content (AvgIpc) is 3.22. The van der Waals surface area contributed by atoms with Gasteiger partial charge < -0.3 is 0 Å². The highest BCUT2D eigenvalue weighted by molar-refractivity contribution is 7.26. The molecule has 5 rings (SSSR count). The Labute approximate surface area is 186 Å². The van der Waals surface area contributed by atoms with Gasteiger partial charge in [-0.1, -0.05) is 132 Å². The van der Waals surface area contributed by atoms with Crippen LogP contribution < -0.4 is 10.4 Å². The summed E-state index contributed by atoms with van der Waals surface area (Å²) < 4.78 is 0. The Morgan fingerprint density at radius 1 is 0.419 bits per heavy atom. The monoisotopic (exact) mass is 414 g/mol. The summed E-state index contributed by atoms with van der Waals surface area (Å²) in [6.07, 6.45) is 4.76. The Morgan fingerprint density at radius 3 is 1.13 bits per heavy atom. The fraction of sp³-hybridized carbons (Fsp3) is 0.0667. The Bertz CT molecular complexity index is 1140. The Balaban J connectivity index is 1.83. The van der Waals surface area contributed by atoms with Gasteiger partial charge in [0.15, 0.2) is 8.07 Å². The predicted molar refractivity (Wildman–Crippen MR) is 136 cm³/mol. The fourth-order valence-electron chi connectivity index (χ4n) is 4.82. The molecule has 0 fully saturated rings. The van der Waals surface area contributed by atoms with Crippen LogP contribution in [0.4, 0.5) is 0 Å². The minimum atomic E-state index is -2.44. The van der Waals surface area contributed by atoms with Gasteiger partial charge in [0.2, 0.25) is 0 Å². The van der Waals surface area contributed by atoms with E-state index in [4.69, 9.17) is 0 Å². The van der Waals surface area contributed by atoms with Crippen LogP contribution in [0.1, 0.15) is 22.3 Å². The van der Waals surface area contributed by atoms with Crippen molar-refractivity contribution in [2.45, 2.75) is 13.8 Å². The summed E-state index contributed by atoms with van der Waals surface area (Å²) in [5, 5.41) is 5.77. The summed E-state index contributed by atoms with van der Waals surface area (Å²) in [6, 6.07) is 40.4. The van der Waals surface area contributed by atoms with Crippen LogP contribution in [0.25, 0.3) is 10.4 Å². The molecule has 0 saturated heterocycles. The first-order valence-electron chi connectivity index (χ1n) is 10.9. The molecular formula is C30H26Si. The average molecular weight is 415 g/mol. The van der Waals surface area contributed by atoms with Gasteiger partial charge in [-0.05, 0) is 45.7 Å². The molecule has 0 N–H and O–H groups in total. The number of allylic oxidation sites excluding steroid dienone is 2. The molecule has 0 atom stereocenters. The quantitative estimate of drug-likeness (QED) is 0.353. The van der Waals surface area contributed by atoms with Crippen LogP contribution in [0.3, 0.4) is 0 Å². The van der Waals surface area contributed by atoms with E-state index in [1.54, 1.807) is 0 Å². The highest BCUT2D eigenvalue weighted by Crippen LogP contribution is 2.41. The third-order valence-electron chi connectivity index (χ3n) is 6.36. The van der Waals surface area contributed by atoms with Gasteiger partial charge in [0.25, 0.3) is 0 Å². The number of hydrogen-bond acceptors (Lipinski definition) is 0. The zero-order chi connectivity index (χ0) is 21.3. The van der Waals surface area contributed by atoms with Gasteiger partial charge in [0.1, 0.15) is 0 Å². The van der Waals surface area contributed by atoms with Gasteiger partial charge in [-0.15, -0.1) is 0 Å². The Hall–Kier alpha value is -3.42. The van der Waals surface area contributed by atoms with E-state index in [1.165, 1.54) is 43.0 Å². The van der Waals surface area contributed by atoms with Gasteiger partial charge in [0.05, 0.1) is 0 Å². The molecule has 0 spiro atoms. The van der Waals surface area contributed by atoms with Crippen LogP contribution in [0.2, 0.25) is 0 Å². The zero-order valence-electron chi connectivity index (χ0n) is 18.0. The van der Waals surface area contributed by atoms with E-state index in [2.05, 4.69) is 135 Å². The standard InChI is InChI=1S/C30H26Si/c1-23-13-17-25(18-14-23)29-21-22-30(26-19-15-24(2)16-20-26)31(29,27-9-5-3-6-10-27)28-11-7-4-8-12-28/h3-22H,1-2H3. The van der Waals surface area contributed by atoms with Crippen molar-refractivity contribution in [1.82, 2.24) is 0 Å². The third kappa shape index (κ3) is 3.32. The smallest absolute Gasteiger partial charge is 0.0623 e. The lowest BCUT2D eigenvalue weighted by molar-refractivity contribution is 1.46. The van der Waals surface area contributed by atoms with Gasteiger partial charge in [0, 0.05) is 0 Å². The lowest BCUT2D eigenvalue weighted by Crippen LogP contribution is -2.59. The van der Waals surface area contributed by atoms with Gasteiger partial charge in [-0.2, -0.15) is 0 Å². The molecule has 31 heavy (non-hydrogen) atoms. The van der Waals surface area contributed by atoms with Gasteiger partial charge in [-0.3, -0.25) is 0 Å². The zero-order valence-corrected chi connectivity index (χ0v) is 19.0. The summed E-state index contributed by atoms with van der Waals surface area (Å²) in [5.74, 6) is 0. The van der Waals surface area contributed by atoms with Crippen LogP contribution in [-0.2, 0) is 0 Å². The van der Waals surface area contributed by atoms with Gasteiger partial charge >= 0.3 is 0 Å². The molecule has 0 nitrogen and oxygen atoms in total. The lowest BCUT2D eigenvalue weighted by atomic mass is 10.1. The number of benzene rings is 4. The lowest BCUT2D eigenvalue weighted by Gasteiger charge is -2.35. The molecule has 4 aromatic rings. The summed E-state index contributed by atoms with van der Waals surface area (Å²) in [5.41, 5.74) is 5.23. The minimum absolute atomic E-state index is 1.29. The van der Waals surface area contributed by atoms with Crippen LogP contribution in [0.15, 0.2) is 121 Å². The summed E-state index contributed by atoms with van der Waals surface area (Å²) >= 11 is 0. The van der Waals surface area contributed by atoms with Crippen molar-refractivity contribution in [3.05, 3.63) is 144 Å². The normalized spacial score (nSPS) is 14.8. The molecule has 0 saturated carbocycles. The molecule has 150 valence electrons. The fourth-order valence-corrected chi connectivity index (χ4v) is 9.94. The second kappa shape index (κ2) is 8.01. The van der Waals surface area contributed by atoms with Crippen molar-refractivity contribution in [2.24, 2.45) is 0 Å². The number of hydrogen-bond donors (Lipinski definition) is 0. The number of rotatable bonds is 4. The molecule has 1 heteroatoms. The van der Waals surface area contributed by atoms with E-state index in [9.17, 15) is 0 Å². The maximum atomic E-state index is 2.38. The minimum Gasteiger partial charge on any atom is -0.0623 e. The maximum Gasteiger partial charge on any atom is 0.180 e. The SMILES string of the molecule is Cc1ccc(C2=CC=C(c3ccc(C)cc3)[Si]2(c2ccccc2)c2ccccc2)cc1. The van der Waals surface area contributed by atoms with Crippen LogP contribution in [0.5, 0.6) is 0 Å². The molecule has 0 unspecified atom stereocenters. The first kappa shape index (κ1) is 19.5. The van der Waals surface area contributed by atoms with Crippen LogP contribution in [0, 0.1) is 13.8 Å². The second-order valence-corrected chi connectivity index (χ2v) is 12.1. The first-order valence-corrected chi connectivity index (χ1v) is 12.9. The van der Waals surface area contributed by atoms with Gasteiger partial charge in [-0.25, -0.2) is 0 Å². The number of aryl methyl sites for hydroxylation is 2. The van der Waals surface area contributed by atoms with Crippen molar-refractivity contribution >= 4 is 28.8 Å². The van der Waals surface area contributed by atoms with Crippen molar-refractivity contribution in [1.29, 1.82) is 0 Å². The summed E-state index contributed by atoms with van der Waals surface area (Å²) in [4.78, 5) is 0. The summed E-state index contributed by atoms with van der Waals surface area (Å²) in [7, 11) is -2.44.